The lowest BCUT2D eigenvalue weighted by molar-refractivity contribution is 1.12. The standard InChI is InChI=1S/C10H12N2/c1-8-5-4-6-11-10(3)12-7-9(8)2/h4-7,12H,1,3H2,2H3. The number of hydrogen-bond acceptors (Lipinski definition) is 1. The number of nitrogens with zero attached hydrogens (tertiary/aromatic N) is 1. The van der Waals surface area contributed by atoms with Crippen LogP contribution in [0.2, 0.25) is 0 Å². The van der Waals surface area contributed by atoms with Crippen molar-refractivity contribution in [2.24, 2.45) is 0 Å². The maximum absolute atomic E-state index is 4.01. The van der Waals surface area contributed by atoms with Crippen molar-refractivity contribution in [1.82, 2.24) is 9.97 Å². The molecule has 0 amide bonds. The van der Waals surface area contributed by atoms with Crippen molar-refractivity contribution < 1.29 is 0 Å². The van der Waals surface area contributed by atoms with E-state index in [1.165, 1.54) is 0 Å². The van der Waals surface area contributed by atoms with E-state index in [9.17, 15) is 0 Å². The Kier molecular flexibility index (Phi) is 2.64. The fourth-order valence-corrected chi connectivity index (χ4v) is 0.745. The van der Waals surface area contributed by atoms with Gasteiger partial charge in [0.05, 0.1) is 0 Å². The van der Waals surface area contributed by atoms with Crippen molar-refractivity contribution in [3.8, 4) is 0 Å². The van der Waals surface area contributed by atoms with Crippen molar-refractivity contribution in [3.63, 3.8) is 0 Å². The summed E-state index contributed by atoms with van der Waals surface area (Å²) >= 11 is 0. The van der Waals surface area contributed by atoms with E-state index in [0.717, 1.165) is 10.8 Å². The molecular formula is C10H12N2. The van der Waals surface area contributed by atoms with E-state index in [1.807, 2.05) is 25.3 Å². The maximum atomic E-state index is 4.01. The summed E-state index contributed by atoms with van der Waals surface area (Å²) < 4.78 is 0. The van der Waals surface area contributed by atoms with Crippen molar-refractivity contribution in [2.45, 2.75) is 6.92 Å². The first kappa shape index (κ1) is 8.53. The summed E-state index contributed by atoms with van der Waals surface area (Å²) in [6.45, 7) is 9.56. The number of aromatic amines is 1. The van der Waals surface area contributed by atoms with Crippen molar-refractivity contribution >= 4 is 13.2 Å². The molecule has 0 saturated carbocycles. The van der Waals surface area contributed by atoms with E-state index in [-0.39, 0.29) is 0 Å². The molecule has 2 nitrogen and oxygen atoms in total. The fraction of sp³-hybridized carbons (Fsp3) is 0.100. The molecule has 0 aliphatic rings. The second-order valence-electron chi connectivity index (χ2n) is 2.58. The van der Waals surface area contributed by atoms with E-state index < -0.39 is 0 Å². The van der Waals surface area contributed by atoms with Gasteiger partial charge in [-0.25, -0.2) is 4.98 Å². The summed E-state index contributed by atoms with van der Waals surface area (Å²) in [5, 5.41) is 0.976. The maximum Gasteiger partial charge on any atom is 0.122 e. The minimum Gasteiger partial charge on any atom is -0.347 e. The number of nitrogens with one attached hydrogen (secondary N) is 1. The van der Waals surface area contributed by atoms with Gasteiger partial charge in [-0.2, -0.15) is 0 Å². The molecule has 2 heteroatoms. The predicted octanol–water partition coefficient (Wildman–Crippen LogP) is 0.663. The Labute approximate surface area is 71.6 Å². The van der Waals surface area contributed by atoms with Crippen LogP contribution in [0.25, 0.3) is 13.2 Å². The lowest BCUT2D eigenvalue weighted by Gasteiger charge is -1.82. The van der Waals surface area contributed by atoms with Crippen LogP contribution in [0, 0.1) is 6.92 Å². The summed E-state index contributed by atoms with van der Waals surface area (Å²) in [6.07, 6.45) is 3.53. The van der Waals surface area contributed by atoms with Crippen molar-refractivity contribution in [1.29, 1.82) is 0 Å². The molecule has 1 N–H and O–H groups in total. The van der Waals surface area contributed by atoms with Gasteiger partial charge in [0.25, 0.3) is 0 Å². The second kappa shape index (κ2) is 3.72. The van der Waals surface area contributed by atoms with Crippen LogP contribution >= 0.6 is 0 Å². The van der Waals surface area contributed by atoms with Crippen LogP contribution in [0.15, 0.2) is 24.5 Å². The third-order valence-corrected chi connectivity index (χ3v) is 1.58. The van der Waals surface area contributed by atoms with E-state index in [1.54, 1.807) is 6.20 Å². The molecule has 62 valence electrons. The van der Waals surface area contributed by atoms with E-state index >= 15 is 0 Å². The topological polar surface area (TPSA) is 28.7 Å². The van der Waals surface area contributed by atoms with Crippen LogP contribution in [0.3, 0.4) is 0 Å². The highest BCUT2D eigenvalue weighted by molar-refractivity contribution is 5.13. The fourth-order valence-electron chi connectivity index (χ4n) is 0.745. The Morgan fingerprint density at radius 2 is 2.17 bits per heavy atom. The van der Waals surface area contributed by atoms with Gasteiger partial charge >= 0.3 is 0 Å². The van der Waals surface area contributed by atoms with E-state index in [0.29, 0.717) is 5.48 Å². The van der Waals surface area contributed by atoms with Crippen LogP contribution in [0.4, 0.5) is 0 Å². The van der Waals surface area contributed by atoms with Gasteiger partial charge < -0.3 is 4.98 Å². The van der Waals surface area contributed by atoms with E-state index in [4.69, 9.17) is 0 Å². The average Bonchev–Trinajstić information content (AvgIpc) is 2.11. The first-order chi connectivity index (χ1) is 5.70. The van der Waals surface area contributed by atoms with E-state index in [2.05, 4.69) is 23.1 Å². The monoisotopic (exact) mass is 160 g/mol. The zero-order valence-corrected chi connectivity index (χ0v) is 7.17. The molecule has 0 spiro atoms. The largest absolute Gasteiger partial charge is 0.347 e. The van der Waals surface area contributed by atoms with Crippen LogP contribution in [0.1, 0.15) is 5.56 Å². The van der Waals surface area contributed by atoms with Crippen molar-refractivity contribution in [3.05, 3.63) is 40.8 Å². The number of aryl methyl sites for hydroxylation is 1. The van der Waals surface area contributed by atoms with Crippen LogP contribution in [0.5, 0.6) is 0 Å². The Balaban J connectivity index is 3.56. The van der Waals surface area contributed by atoms with Gasteiger partial charge in [0.15, 0.2) is 0 Å². The molecule has 0 aliphatic heterocycles. The molecule has 0 bridgehead atoms. The summed E-state index contributed by atoms with van der Waals surface area (Å²) in [6, 6.07) is 3.76. The first-order valence-electron chi connectivity index (χ1n) is 3.72. The van der Waals surface area contributed by atoms with Crippen LogP contribution in [-0.2, 0) is 0 Å². The Bertz CT molecular complexity index is 402. The Morgan fingerprint density at radius 1 is 1.42 bits per heavy atom. The first-order valence-corrected chi connectivity index (χ1v) is 3.72. The molecule has 0 radical (unpaired) electrons. The third-order valence-electron chi connectivity index (χ3n) is 1.58. The van der Waals surface area contributed by atoms with Crippen LogP contribution < -0.4 is 10.7 Å². The van der Waals surface area contributed by atoms with Crippen LogP contribution in [-0.4, -0.2) is 9.97 Å². The molecule has 1 aromatic heterocycles. The molecule has 0 aromatic carbocycles. The highest BCUT2D eigenvalue weighted by atomic mass is 14.8. The van der Waals surface area contributed by atoms with Gasteiger partial charge in [0.1, 0.15) is 5.48 Å². The quantitative estimate of drug-likeness (QED) is 0.593. The average molecular weight is 160 g/mol. The predicted molar refractivity (Wildman–Crippen MR) is 51.2 cm³/mol. The number of hydrogen-bond donors (Lipinski definition) is 1. The molecule has 1 rings (SSSR count). The normalized spacial score (nSPS) is 9.08. The summed E-state index contributed by atoms with van der Waals surface area (Å²) in [5.74, 6) is 0. The lowest BCUT2D eigenvalue weighted by atomic mass is 10.3. The molecule has 12 heavy (non-hydrogen) atoms. The van der Waals surface area contributed by atoms with Gasteiger partial charge in [-0.3, -0.25) is 0 Å². The van der Waals surface area contributed by atoms with Gasteiger partial charge in [0, 0.05) is 12.4 Å². The molecule has 0 aliphatic carbocycles. The van der Waals surface area contributed by atoms with Gasteiger partial charge in [-0.05, 0) is 23.8 Å². The summed E-state index contributed by atoms with van der Waals surface area (Å²) in [4.78, 5) is 6.96. The molecule has 0 unspecified atom stereocenters. The summed E-state index contributed by atoms with van der Waals surface area (Å²) in [7, 11) is 0. The van der Waals surface area contributed by atoms with Crippen molar-refractivity contribution in [2.75, 3.05) is 0 Å². The molecule has 0 saturated heterocycles. The number of aromatic nitrogens is 2. The highest BCUT2D eigenvalue weighted by Crippen LogP contribution is 1.76. The Hall–Kier alpha value is -1.57. The highest BCUT2D eigenvalue weighted by Gasteiger charge is 1.77. The SMILES string of the molecule is C=c1ncccc(=C)c(C)c[nH]1. The minimum absolute atomic E-state index is 0.633. The smallest absolute Gasteiger partial charge is 0.122 e. The molecular weight excluding hydrogens is 148 g/mol. The molecule has 1 aromatic rings. The minimum atomic E-state index is 0.633. The zero-order chi connectivity index (χ0) is 8.97. The zero-order valence-electron chi connectivity index (χ0n) is 7.17. The Morgan fingerprint density at radius 3 is 2.92 bits per heavy atom. The van der Waals surface area contributed by atoms with Gasteiger partial charge in [-0.15, -0.1) is 0 Å². The number of rotatable bonds is 0. The van der Waals surface area contributed by atoms with Gasteiger partial charge in [0.2, 0.25) is 0 Å². The number of H-pyrrole nitrogens is 1. The molecule has 0 atom stereocenters. The van der Waals surface area contributed by atoms with Gasteiger partial charge in [-0.1, -0.05) is 19.2 Å². The summed E-state index contributed by atoms with van der Waals surface area (Å²) in [5.41, 5.74) is 1.71. The lowest BCUT2D eigenvalue weighted by Crippen LogP contribution is -2.05. The molecule has 0 fully saturated rings. The third kappa shape index (κ3) is 2.23. The molecule has 1 heterocycles. The second-order valence-corrected chi connectivity index (χ2v) is 2.58.